The number of rotatable bonds is 50. The molecule has 0 saturated heterocycles. The van der Waals surface area contributed by atoms with Gasteiger partial charge in [0, 0.05) is 13.2 Å². The highest BCUT2D eigenvalue weighted by Crippen LogP contribution is 2.10. The molecular weight excluding hydrogens is 770 g/mol. The van der Waals surface area contributed by atoms with E-state index in [0.717, 1.165) is 13.0 Å². The van der Waals surface area contributed by atoms with Crippen molar-refractivity contribution < 1.29 is 71.1 Å². The number of nitrogens with one attached hydrogen (secondary N) is 1. The van der Waals surface area contributed by atoms with Crippen LogP contribution in [-0.4, -0.2) is 190 Å². The maximum Gasteiger partial charge on any atom is 0.407 e. The van der Waals surface area contributed by atoms with E-state index >= 15 is 0 Å². The Balaban J connectivity index is 3.09. The van der Waals surface area contributed by atoms with Crippen LogP contribution in [0.5, 0.6) is 0 Å². The maximum atomic E-state index is 11.5. The second kappa shape index (κ2) is 49.4. The average molecular weight is 858 g/mol. The van der Waals surface area contributed by atoms with Crippen molar-refractivity contribution in [2.75, 3.05) is 178 Å². The van der Waals surface area contributed by atoms with Gasteiger partial charge in [-0.1, -0.05) is 64.7 Å². The smallest absolute Gasteiger partial charge is 0.407 e. The van der Waals surface area contributed by atoms with Crippen LogP contribution in [-0.2, 0) is 66.3 Å². The lowest BCUT2D eigenvalue weighted by Gasteiger charge is -2.19. The molecule has 0 radical (unpaired) electrons. The molecule has 0 bridgehead atoms. The van der Waals surface area contributed by atoms with Crippen molar-refractivity contribution in [2.45, 2.75) is 97.5 Å². The Bertz CT molecular complexity index is 810. The number of ether oxygens (including phenoxy) is 14. The van der Waals surface area contributed by atoms with Gasteiger partial charge in [0.25, 0.3) is 0 Å². The molecule has 0 spiro atoms. The van der Waals surface area contributed by atoms with Crippen molar-refractivity contribution in [2.24, 2.45) is 0 Å². The third kappa shape index (κ3) is 54.7. The number of hydrogen-bond acceptors (Lipinski definition) is 15. The Morgan fingerprint density at radius 2 is 0.542 bits per heavy atom. The second-order valence-corrected chi connectivity index (χ2v) is 14.6. The van der Waals surface area contributed by atoms with Gasteiger partial charge in [-0.25, -0.2) is 4.79 Å². The predicted octanol–water partition coefficient (Wildman–Crippen LogP) is 5.65. The van der Waals surface area contributed by atoms with Gasteiger partial charge in [0.2, 0.25) is 0 Å². The standard InChI is InChI=1S/C43H87NO15/c1-5-6-7-8-9-10-11-12-13-14-16-46-18-20-48-22-24-50-26-28-52-30-32-54-34-36-56-38-40-58-41-39-57-37-35-55-33-31-53-29-27-51-25-23-49-21-19-47-17-15-44-42(45)59-43(2,3)4/h5-41H2,1-4H3,(H,44,45). The first-order chi connectivity index (χ1) is 29.0. The van der Waals surface area contributed by atoms with Gasteiger partial charge in [-0.3, -0.25) is 0 Å². The van der Waals surface area contributed by atoms with E-state index in [0.29, 0.717) is 172 Å². The van der Waals surface area contributed by atoms with E-state index in [9.17, 15) is 4.79 Å². The molecule has 0 unspecified atom stereocenters. The molecule has 0 fully saturated rings. The lowest BCUT2D eigenvalue weighted by Crippen LogP contribution is -2.34. The molecule has 0 aromatic rings. The molecule has 1 N–H and O–H groups in total. The monoisotopic (exact) mass is 858 g/mol. The Morgan fingerprint density at radius 3 is 0.797 bits per heavy atom. The number of amides is 1. The van der Waals surface area contributed by atoms with E-state index in [-0.39, 0.29) is 0 Å². The van der Waals surface area contributed by atoms with Crippen LogP contribution in [0.15, 0.2) is 0 Å². The highest BCUT2D eigenvalue weighted by Gasteiger charge is 2.15. The predicted molar refractivity (Wildman–Crippen MR) is 227 cm³/mol. The summed E-state index contributed by atoms with van der Waals surface area (Å²) < 4.78 is 76.8. The van der Waals surface area contributed by atoms with Crippen molar-refractivity contribution in [3.63, 3.8) is 0 Å². The molecule has 0 saturated carbocycles. The van der Waals surface area contributed by atoms with Gasteiger partial charge in [0.05, 0.1) is 165 Å². The average Bonchev–Trinajstić information content (AvgIpc) is 3.21. The maximum absolute atomic E-state index is 11.5. The zero-order chi connectivity index (χ0) is 42.8. The second-order valence-electron chi connectivity index (χ2n) is 14.6. The van der Waals surface area contributed by atoms with Crippen LogP contribution in [0.25, 0.3) is 0 Å². The number of unbranched alkanes of at least 4 members (excludes halogenated alkanes) is 9. The van der Waals surface area contributed by atoms with Gasteiger partial charge >= 0.3 is 6.09 Å². The summed E-state index contributed by atoms with van der Waals surface area (Å²) in [5, 5.41) is 2.63. The lowest BCUT2D eigenvalue weighted by atomic mass is 10.1. The molecule has 0 atom stereocenters. The molecular formula is C43H87NO15. The Morgan fingerprint density at radius 1 is 0.322 bits per heavy atom. The number of carbonyl (C=O) groups excluding carboxylic acids is 1. The van der Waals surface area contributed by atoms with Crippen LogP contribution in [0.3, 0.4) is 0 Å². The van der Waals surface area contributed by atoms with Crippen LogP contribution < -0.4 is 5.32 Å². The molecule has 0 aliphatic rings. The quantitative estimate of drug-likeness (QED) is 0.0749. The summed E-state index contributed by atoms with van der Waals surface area (Å²) in [6, 6.07) is 0. The van der Waals surface area contributed by atoms with Crippen LogP contribution in [0.2, 0.25) is 0 Å². The summed E-state index contributed by atoms with van der Waals surface area (Å²) in [5.74, 6) is 0. The van der Waals surface area contributed by atoms with E-state index in [1.54, 1.807) is 0 Å². The minimum atomic E-state index is -0.513. The molecule has 0 heterocycles. The molecule has 0 aliphatic heterocycles. The first-order valence-corrected chi connectivity index (χ1v) is 22.4. The molecule has 16 heteroatoms. The molecule has 0 rings (SSSR count). The summed E-state index contributed by atoms with van der Waals surface area (Å²) in [6.45, 7) is 21.6. The number of hydrogen-bond donors (Lipinski definition) is 1. The zero-order valence-corrected chi connectivity index (χ0v) is 37.8. The van der Waals surface area contributed by atoms with Crippen LogP contribution in [0.1, 0.15) is 91.9 Å². The topological polar surface area (TPSA) is 158 Å². The van der Waals surface area contributed by atoms with Gasteiger partial charge in [0.15, 0.2) is 0 Å². The van der Waals surface area contributed by atoms with Crippen LogP contribution >= 0.6 is 0 Å². The molecule has 0 aromatic heterocycles. The highest BCUT2D eigenvalue weighted by molar-refractivity contribution is 5.67. The number of alkyl carbamates (subject to hydrolysis) is 1. The van der Waals surface area contributed by atoms with E-state index in [1.165, 1.54) is 57.8 Å². The minimum absolute atomic E-state index is 0.382. The number of carbonyl (C=O) groups is 1. The minimum Gasteiger partial charge on any atom is -0.444 e. The van der Waals surface area contributed by atoms with Gasteiger partial charge in [-0.2, -0.15) is 0 Å². The Kier molecular flexibility index (Phi) is 48.4. The fraction of sp³-hybridized carbons (Fsp3) is 0.977. The fourth-order valence-electron chi connectivity index (χ4n) is 4.97. The van der Waals surface area contributed by atoms with Crippen LogP contribution in [0, 0.1) is 0 Å². The SMILES string of the molecule is CCCCCCCCCCCCOCCOCCOCCOCCOCCOCCOCCOCCOCCOCCOCCOCCOCCNC(=O)OC(C)(C)C. The van der Waals surface area contributed by atoms with E-state index < -0.39 is 11.7 Å². The van der Waals surface area contributed by atoms with Gasteiger partial charge in [-0.05, 0) is 27.2 Å². The van der Waals surface area contributed by atoms with Crippen molar-refractivity contribution in [1.82, 2.24) is 5.32 Å². The summed E-state index contributed by atoms with van der Waals surface area (Å²) in [7, 11) is 0. The summed E-state index contributed by atoms with van der Waals surface area (Å²) >= 11 is 0. The molecule has 59 heavy (non-hydrogen) atoms. The largest absolute Gasteiger partial charge is 0.444 e. The normalized spacial score (nSPS) is 11.8. The molecule has 0 aliphatic carbocycles. The molecule has 0 aromatic carbocycles. The molecule has 1 amide bonds. The van der Waals surface area contributed by atoms with Crippen molar-refractivity contribution >= 4 is 6.09 Å². The lowest BCUT2D eigenvalue weighted by molar-refractivity contribution is -0.0290. The fourth-order valence-corrected chi connectivity index (χ4v) is 4.97. The van der Waals surface area contributed by atoms with Crippen molar-refractivity contribution in [1.29, 1.82) is 0 Å². The Labute approximate surface area is 357 Å². The van der Waals surface area contributed by atoms with Gasteiger partial charge in [0.1, 0.15) is 5.60 Å². The van der Waals surface area contributed by atoms with Gasteiger partial charge in [-0.15, -0.1) is 0 Å². The molecule has 16 nitrogen and oxygen atoms in total. The Hall–Kier alpha value is -1.25. The summed E-state index contributed by atoms with van der Waals surface area (Å²) in [4.78, 5) is 11.5. The van der Waals surface area contributed by atoms with E-state index in [2.05, 4.69) is 12.2 Å². The van der Waals surface area contributed by atoms with Gasteiger partial charge < -0.3 is 71.6 Å². The van der Waals surface area contributed by atoms with Crippen LogP contribution in [0.4, 0.5) is 4.79 Å². The third-order valence-corrected chi connectivity index (χ3v) is 8.02. The third-order valence-electron chi connectivity index (χ3n) is 8.02. The summed E-state index contributed by atoms with van der Waals surface area (Å²) in [5.41, 5.74) is -0.513. The van der Waals surface area contributed by atoms with Crippen molar-refractivity contribution in [3.05, 3.63) is 0 Å². The summed E-state index contributed by atoms with van der Waals surface area (Å²) in [6.07, 6.45) is 12.9. The van der Waals surface area contributed by atoms with E-state index in [4.69, 9.17) is 66.3 Å². The van der Waals surface area contributed by atoms with E-state index in [1.807, 2.05) is 20.8 Å². The first kappa shape index (κ1) is 57.8. The first-order valence-electron chi connectivity index (χ1n) is 22.4. The van der Waals surface area contributed by atoms with Crippen molar-refractivity contribution in [3.8, 4) is 0 Å². The zero-order valence-electron chi connectivity index (χ0n) is 37.8. The highest BCUT2D eigenvalue weighted by atomic mass is 16.6. The molecule has 354 valence electrons.